The van der Waals surface area contributed by atoms with Crippen LogP contribution in [0.5, 0.6) is 5.75 Å². The van der Waals surface area contributed by atoms with Crippen LogP contribution in [-0.4, -0.2) is 10.2 Å². The second-order valence-electron chi connectivity index (χ2n) is 4.26. The molecule has 0 N–H and O–H groups in total. The standard InChI is InChI=1S/C14H10ClFN2O2S/c1-8(19-9-4-5-10(15)11(16)7-9)13-17-18-14(20-13)12-3-2-6-21-12/h2-8H,1H3/t8-/m0/s1. The average molecular weight is 325 g/mol. The summed E-state index contributed by atoms with van der Waals surface area (Å²) in [6, 6.07) is 8.03. The van der Waals surface area contributed by atoms with Crippen LogP contribution in [0.1, 0.15) is 18.9 Å². The Labute approximate surface area is 129 Å². The first-order valence-electron chi connectivity index (χ1n) is 6.12. The molecule has 0 aliphatic heterocycles. The second-order valence-corrected chi connectivity index (χ2v) is 5.61. The van der Waals surface area contributed by atoms with Gasteiger partial charge in [0.15, 0.2) is 6.10 Å². The number of thiophene rings is 1. The van der Waals surface area contributed by atoms with Gasteiger partial charge in [0.25, 0.3) is 11.8 Å². The molecule has 3 aromatic rings. The summed E-state index contributed by atoms with van der Waals surface area (Å²) in [5, 5.41) is 9.90. The summed E-state index contributed by atoms with van der Waals surface area (Å²) in [5.74, 6) is 0.581. The van der Waals surface area contributed by atoms with Gasteiger partial charge in [-0.15, -0.1) is 21.5 Å². The van der Waals surface area contributed by atoms with Gasteiger partial charge in [-0.2, -0.15) is 0 Å². The molecule has 0 unspecified atom stereocenters. The highest BCUT2D eigenvalue weighted by molar-refractivity contribution is 7.13. The fourth-order valence-corrected chi connectivity index (χ4v) is 2.47. The van der Waals surface area contributed by atoms with Gasteiger partial charge in [-0.25, -0.2) is 4.39 Å². The molecule has 3 rings (SSSR count). The van der Waals surface area contributed by atoms with Crippen LogP contribution < -0.4 is 4.74 Å². The Bertz CT molecular complexity index is 745. The van der Waals surface area contributed by atoms with Crippen molar-refractivity contribution in [2.45, 2.75) is 13.0 Å². The number of halogens is 2. The van der Waals surface area contributed by atoms with E-state index in [1.807, 2.05) is 17.5 Å². The molecule has 0 saturated heterocycles. The van der Waals surface area contributed by atoms with Crippen LogP contribution in [-0.2, 0) is 0 Å². The lowest BCUT2D eigenvalue weighted by molar-refractivity contribution is 0.189. The molecule has 1 atom stereocenters. The van der Waals surface area contributed by atoms with E-state index < -0.39 is 11.9 Å². The number of aromatic nitrogens is 2. The van der Waals surface area contributed by atoms with E-state index in [0.717, 1.165) is 4.88 Å². The first-order valence-corrected chi connectivity index (χ1v) is 7.38. The molecule has 7 heteroatoms. The molecule has 0 spiro atoms. The molecule has 21 heavy (non-hydrogen) atoms. The van der Waals surface area contributed by atoms with Crippen LogP contribution in [0.3, 0.4) is 0 Å². The Kier molecular flexibility index (Phi) is 3.90. The first-order chi connectivity index (χ1) is 10.1. The first kappa shape index (κ1) is 14.0. The predicted molar refractivity (Wildman–Crippen MR) is 78.1 cm³/mol. The van der Waals surface area contributed by atoms with Crippen molar-refractivity contribution in [3.05, 3.63) is 52.4 Å². The van der Waals surface area contributed by atoms with Gasteiger partial charge in [0, 0.05) is 6.07 Å². The van der Waals surface area contributed by atoms with Gasteiger partial charge in [-0.3, -0.25) is 0 Å². The van der Waals surface area contributed by atoms with Crippen molar-refractivity contribution in [2.24, 2.45) is 0 Å². The van der Waals surface area contributed by atoms with Crippen LogP contribution >= 0.6 is 22.9 Å². The number of nitrogens with zero attached hydrogens (tertiary/aromatic N) is 2. The number of rotatable bonds is 4. The van der Waals surface area contributed by atoms with Gasteiger partial charge < -0.3 is 9.15 Å². The van der Waals surface area contributed by atoms with Crippen molar-refractivity contribution in [1.29, 1.82) is 0 Å². The van der Waals surface area contributed by atoms with Crippen LogP contribution in [0, 0.1) is 5.82 Å². The molecule has 4 nitrogen and oxygen atoms in total. The summed E-state index contributed by atoms with van der Waals surface area (Å²) in [5.41, 5.74) is 0. The van der Waals surface area contributed by atoms with E-state index in [-0.39, 0.29) is 5.02 Å². The van der Waals surface area contributed by atoms with Gasteiger partial charge in [-0.1, -0.05) is 17.7 Å². The Morgan fingerprint density at radius 1 is 1.33 bits per heavy atom. The van der Waals surface area contributed by atoms with Gasteiger partial charge in [-0.05, 0) is 30.5 Å². The Morgan fingerprint density at radius 2 is 2.19 bits per heavy atom. The van der Waals surface area contributed by atoms with Crippen LogP contribution in [0.15, 0.2) is 40.1 Å². The predicted octanol–water partition coefficient (Wildman–Crippen LogP) is 4.73. The number of hydrogen-bond donors (Lipinski definition) is 0. The van der Waals surface area contributed by atoms with Crippen molar-refractivity contribution < 1.29 is 13.5 Å². The second kappa shape index (κ2) is 5.83. The number of benzene rings is 1. The van der Waals surface area contributed by atoms with E-state index in [2.05, 4.69) is 10.2 Å². The van der Waals surface area contributed by atoms with Gasteiger partial charge in [0.05, 0.1) is 9.90 Å². The minimum Gasteiger partial charge on any atom is -0.481 e. The van der Waals surface area contributed by atoms with E-state index in [1.165, 1.54) is 23.5 Å². The molecule has 0 aliphatic carbocycles. The third-order valence-corrected chi connectivity index (χ3v) is 3.89. The van der Waals surface area contributed by atoms with Crippen LogP contribution in [0.2, 0.25) is 5.02 Å². The zero-order valence-corrected chi connectivity index (χ0v) is 12.5. The zero-order chi connectivity index (χ0) is 14.8. The molecule has 0 saturated carbocycles. The van der Waals surface area contributed by atoms with Crippen molar-refractivity contribution >= 4 is 22.9 Å². The van der Waals surface area contributed by atoms with Crippen molar-refractivity contribution in [1.82, 2.24) is 10.2 Å². The van der Waals surface area contributed by atoms with E-state index in [9.17, 15) is 4.39 Å². The molecule has 108 valence electrons. The van der Waals surface area contributed by atoms with E-state index in [4.69, 9.17) is 20.8 Å². The highest BCUT2D eigenvalue weighted by Crippen LogP contribution is 2.28. The molecular formula is C14H10ClFN2O2S. The molecule has 0 fully saturated rings. The molecule has 2 heterocycles. The molecular weight excluding hydrogens is 315 g/mol. The average Bonchev–Trinajstić information content (AvgIpc) is 3.12. The highest BCUT2D eigenvalue weighted by Gasteiger charge is 2.17. The topological polar surface area (TPSA) is 48.2 Å². The molecule has 1 aromatic carbocycles. The Hall–Kier alpha value is -1.92. The normalized spacial score (nSPS) is 12.3. The summed E-state index contributed by atoms with van der Waals surface area (Å²) >= 11 is 7.13. The van der Waals surface area contributed by atoms with E-state index >= 15 is 0 Å². The SMILES string of the molecule is C[C@H](Oc1ccc(Cl)c(F)c1)c1nnc(-c2cccs2)o1. The van der Waals surface area contributed by atoms with Crippen LogP contribution in [0.4, 0.5) is 4.39 Å². The lowest BCUT2D eigenvalue weighted by Gasteiger charge is -2.11. The fourth-order valence-electron chi connectivity index (χ4n) is 1.70. The Balaban J connectivity index is 1.76. The third kappa shape index (κ3) is 3.06. The summed E-state index contributed by atoms with van der Waals surface area (Å²) < 4.78 is 24.5. The summed E-state index contributed by atoms with van der Waals surface area (Å²) in [4.78, 5) is 0.887. The van der Waals surface area contributed by atoms with Gasteiger partial charge in [0.2, 0.25) is 0 Å². The van der Waals surface area contributed by atoms with E-state index in [0.29, 0.717) is 17.5 Å². The third-order valence-electron chi connectivity index (χ3n) is 2.72. The van der Waals surface area contributed by atoms with Crippen molar-refractivity contribution in [3.8, 4) is 16.5 Å². The molecule has 0 aliphatic rings. The lowest BCUT2D eigenvalue weighted by atomic mass is 10.3. The van der Waals surface area contributed by atoms with Gasteiger partial charge in [0.1, 0.15) is 11.6 Å². The van der Waals surface area contributed by atoms with E-state index in [1.54, 1.807) is 13.0 Å². The molecule has 0 radical (unpaired) electrons. The maximum absolute atomic E-state index is 13.4. The largest absolute Gasteiger partial charge is 0.481 e. The lowest BCUT2D eigenvalue weighted by Crippen LogP contribution is -2.03. The van der Waals surface area contributed by atoms with Crippen LogP contribution in [0.25, 0.3) is 10.8 Å². The highest BCUT2D eigenvalue weighted by atomic mass is 35.5. The molecule has 0 bridgehead atoms. The zero-order valence-electron chi connectivity index (χ0n) is 10.9. The maximum Gasteiger partial charge on any atom is 0.257 e. The van der Waals surface area contributed by atoms with Crippen molar-refractivity contribution in [3.63, 3.8) is 0 Å². The number of hydrogen-bond acceptors (Lipinski definition) is 5. The quantitative estimate of drug-likeness (QED) is 0.696. The summed E-state index contributed by atoms with van der Waals surface area (Å²) in [7, 11) is 0. The number of ether oxygens (including phenoxy) is 1. The summed E-state index contributed by atoms with van der Waals surface area (Å²) in [6.07, 6.45) is -0.494. The fraction of sp³-hybridized carbons (Fsp3) is 0.143. The van der Waals surface area contributed by atoms with Crippen molar-refractivity contribution in [2.75, 3.05) is 0 Å². The summed E-state index contributed by atoms with van der Waals surface area (Å²) in [6.45, 7) is 1.75. The monoisotopic (exact) mass is 324 g/mol. The smallest absolute Gasteiger partial charge is 0.257 e. The minimum absolute atomic E-state index is 0.0489. The molecule has 2 aromatic heterocycles. The Morgan fingerprint density at radius 3 is 2.90 bits per heavy atom. The minimum atomic E-state index is -0.536. The molecule has 0 amide bonds. The van der Waals surface area contributed by atoms with Gasteiger partial charge >= 0.3 is 0 Å². The maximum atomic E-state index is 13.4.